The standard InChI is InChI=1S/C12H9BrF3NO2/c1-2-19-11(18)8-3-7(6-17)4-10(9(8)5-13)12(14,15)16/h3-4H,2,5H2,1H3. The lowest BCUT2D eigenvalue weighted by Gasteiger charge is -2.15. The summed E-state index contributed by atoms with van der Waals surface area (Å²) in [7, 11) is 0. The van der Waals surface area contributed by atoms with Crippen LogP contribution in [0, 0.1) is 11.3 Å². The maximum atomic E-state index is 12.9. The van der Waals surface area contributed by atoms with Crippen LogP contribution in [0.2, 0.25) is 0 Å². The van der Waals surface area contributed by atoms with Gasteiger partial charge in [-0.1, -0.05) is 15.9 Å². The molecule has 0 saturated heterocycles. The summed E-state index contributed by atoms with van der Waals surface area (Å²) in [6.45, 7) is 1.59. The molecule has 1 aromatic carbocycles. The molecule has 0 bridgehead atoms. The molecule has 19 heavy (non-hydrogen) atoms. The largest absolute Gasteiger partial charge is 0.462 e. The van der Waals surface area contributed by atoms with Gasteiger partial charge in [-0.05, 0) is 24.6 Å². The number of esters is 1. The molecule has 102 valence electrons. The van der Waals surface area contributed by atoms with Gasteiger partial charge in [-0.2, -0.15) is 18.4 Å². The van der Waals surface area contributed by atoms with E-state index in [4.69, 9.17) is 10.00 Å². The molecule has 0 saturated carbocycles. The van der Waals surface area contributed by atoms with E-state index in [0.29, 0.717) is 0 Å². The Kier molecular flexibility index (Phi) is 4.95. The minimum atomic E-state index is -4.64. The highest BCUT2D eigenvalue weighted by molar-refractivity contribution is 9.08. The molecule has 0 amide bonds. The summed E-state index contributed by atoms with van der Waals surface area (Å²) in [5, 5.41) is 8.58. The van der Waals surface area contributed by atoms with Gasteiger partial charge in [-0.3, -0.25) is 0 Å². The molecule has 7 heteroatoms. The topological polar surface area (TPSA) is 50.1 Å². The lowest BCUT2D eigenvalue weighted by atomic mass is 9.98. The van der Waals surface area contributed by atoms with E-state index in [1.807, 2.05) is 0 Å². The average Bonchev–Trinajstić information content (AvgIpc) is 2.36. The van der Waals surface area contributed by atoms with Crippen molar-refractivity contribution in [3.8, 4) is 6.07 Å². The van der Waals surface area contributed by atoms with Gasteiger partial charge in [0.15, 0.2) is 0 Å². The molecule has 0 N–H and O–H groups in total. The van der Waals surface area contributed by atoms with Crippen LogP contribution in [0.25, 0.3) is 0 Å². The van der Waals surface area contributed by atoms with E-state index >= 15 is 0 Å². The van der Waals surface area contributed by atoms with Crippen LogP contribution in [-0.4, -0.2) is 12.6 Å². The van der Waals surface area contributed by atoms with Crippen molar-refractivity contribution in [2.24, 2.45) is 0 Å². The fraction of sp³-hybridized carbons (Fsp3) is 0.333. The summed E-state index contributed by atoms with van der Waals surface area (Å²) in [4.78, 5) is 11.7. The first-order valence-electron chi connectivity index (χ1n) is 5.22. The van der Waals surface area contributed by atoms with Crippen molar-refractivity contribution >= 4 is 21.9 Å². The van der Waals surface area contributed by atoms with Crippen LogP contribution in [0.5, 0.6) is 0 Å². The van der Waals surface area contributed by atoms with Crippen LogP contribution >= 0.6 is 15.9 Å². The molecule has 0 aromatic heterocycles. The monoisotopic (exact) mass is 335 g/mol. The third kappa shape index (κ3) is 3.47. The molecule has 0 aliphatic carbocycles. The maximum Gasteiger partial charge on any atom is 0.416 e. The zero-order chi connectivity index (χ0) is 14.6. The SMILES string of the molecule is CCOC(=O)c1cc(C#N)cc(C(F)(F)F)c1CBr. The molecule has 0 aliphatic heterocycles. The Balaban J connectivity index is 3.54. The number of rotatable bonds is 3. The highest BCUT2D eigenvalue weighted by Gasteiger charge is 2.35. The molecular formula is C12H9BrF3NO2. The molecule has 0 heterocycles. The van der Waals surface area contributed by atoms with Gasteiger partial charge in [0.1, 0.15) is 0 Å². The molecule has 3 nitrogen and oxygen atoms in total. The third-order valence-electron chi connectivity index (χ3n) is 2.31. The van der Waals surface area contributed by atoms with Crippen molar-refractivity contribution in [2.75, 3.05) is 6.61 Å². The highest BCUT2D eigenvalue weighted by Crippen LogP contribution is 2.35. The predicted octanol–water partition coefficient (Wildman–Crippen LogP) is 3.65. The normalized spacial score (nSPS) is 10.9. The summed E-state index contributed by atoms with van der Waals surface area (Å²) in [5.74, 6) is -0.875. The first kappa shape index (κ1) is 15.5. The molecule has 0 spiro atoms. The summed E-state index contributed by atoms with van der Waals surface area (Å²) in [6, 6.07) is 3.43. The van der Waals surface area contributed by atoms with E-state index in [0.717, 1.165) is 12.1 Å². The van der Waals surface area contributed by atoms with Crippen LogP contribution in [0.4, 0.5) is 13.2 Å². The summed E-state index contributed by atoms with van der Waals surface area (Å²) in [5.41, 5.74) is -1.72. The van der Waals surface area contributed by atoms with Gasteiger partial charge >= 0.3 is 12.1 Å². The first-order valence-corrected chi connectivity index (χ1v) is 6.34. The molecule has 1 rings (SSSR count). The van der Waals surface area contributed by atoms with Gasteiger partial charge in [0.05, 0.1) is 29.4 Å². The number of alkyl halides is 4. The first-order chi connectivity index (χ1) is 8.85. The van der Waals surface area contributed by atoms with Gasteiger partial charge in [-0.25, -0.2) is 4.79 Å². The van der Waals surface area contributed by atoms with Crippen molar-refractivity contribution in [2.45, 2.75) is 18.4 Å². The second-order valence-corrected chi connectivity index (χ2v) is 4.07. The van der Waals surface area contributed by atoms with Crippen LogP contribution in [0.3, 0.4) is 0 Å². The van der Waals surface area contributed by atoms with E-state index < -0.39 is 17.7 Å². The Hall–Kier alpha value is -1.55. The highest BCUT2D eigenvalue weighted by atomic mass is 79.9. The van der Waals surface area contributed by atoms with E-state index in [-0.39, 0.29) is 28.6 Å². The smallest absolute Gasteiger partial charge is 0.416 e. The van der Waals surface area contributed by atoms with E-state index in [1.54, 1.807) is 13.0 Å². The zero-order valence-electron chi connectivity index (χ0n) is 9.84. The lowest BCUT2D eigenvalue weighted by Crippen LogP contribution is -2.15. The Bertz CT molecular complexity index is 535. The Labute approximate surface area is 116 Å². The number of halogens is 4. The Morgan fingerprint density at radius 1 is 1.47 bits per heavy atom. The molecule has 0 fully saturated rings. The molecule has 0 aliphatic rings. The molecule has 0 radical (unpaired) electrons. The number of nitriles is 1. The number of carbonyl (C=O) groups is 1. The van der Waals surface area contributed by atoms with Gasteiger partial charge in [0.2, 0.25) is 0 Å². The number of nitrogens with zero attached hydrogens (tertiary/aromatic N) is 1. The fourth-order valence-electron chi connectivity index (χ4n) is 1.52. The van der Waals surface area contributed by atoms with E-state index in [1.165, 1.54) is 0 Å². The maximum absolute atomic E-state index is 12.9. The van der Waals surface area contributed by atoms with E-state index in [2.05, 4.69) is 15.9 Å². The molecular weight excluding hydrogens is 327 g/mol. The fourth-order valence-corrected chi connectivity index (χ4v) is 2.13. The van der Waals surface area contributed by atoms with Crippen molar-refractivity contribution in [3.05, 3.63) is 34.4 Å². The van der Waals surface area contributed by atoms with Crippen molar-refractivity contribution in [1.82, 2.24) is 0 Å². The van der Waals surface area contributed by atoms with Gasteiger partial charge in [0, 0.05) is 5.33 Å². The van der Waals surface area contributed by atoms with Crippen molar-refractivity contribution in [1.29, 1.82) is 5.26 Å². The second kappa shape index (κ2) is 6.06. The van der Waals surface area contributed by atoms with Gasteiger partial charge in [-0.15, -0.1) is 0 Å². The van der Waals surface area contributed by atoms with Crippen LogP contribution in [0.15, 0.2) is 12.1 Å². The summed E-state index contributed by atoms with van der Waals surface area (Å²) >= 11 is 2.93. The predicted molar refractivity (Wildman–Crippen MR) is 64.7 cm³/mol. The van der Waals surface area contributed by atoms with Crippen LogP contribution in [0.1, 0.15) is 34.0 Å². The van der Waals surface area contributed by atoms with Crippen LogP contribution in [-0.2, 0) is 16.2 Å². The number of carbonyl (C=O) groups excluding carboxylic acids is 1. The number of hydrogen-bond acceptors (Lipinski definition) is 3. The minimum absolute atomic E-state index is 0.0404. The van der Waals surface area contributed by atoms with Crippen molar-refractivity contribution < 1.29 is 22.7 Å². The molecule has 0 unspecified atom stereocenters. The molecule has 0 atom stereocenters. The summed E-state index contributed by atoms with van der Waals surface area (Å²) in [6.07, 6.45) is -4.64. The Morgan fingerprint density at radius 2 is 2.11 bits per heavy atom. The summed E-state index contributed by atoms with van der Waals surface area (Å²) < 4.78 is 43.4. The van der Waals surface area contributed by atoms with Crippen LogP contribution < -0.4 is 0 Å². The number of ether oxygens (including phenoxy) is 1. The third-order valence-corrected chi connectivity index (χ3v) is 2.87. The van der Waals surface area contributed by atoms with E-state index in [9.17, 15) is 18.0 Å². The van der Waals surface area contributed by atoms with Gasteiger partial charge in [0.25, 0.3) is 0 Å². The number of benzene rings is 1. The quantitative estimate of drug-likeness (QED) is 0.625. The van der Waals surface area contributed by atoms with Crippen molar-refractivity contribution in [3.63, 3.8) is 0 Å². The average molecular weight is 336 g/mol. The second-order valence-electron chi connectivity index (χ2n) is 3.51. The molecule has 1 aromatic rings. The lowest BCUT2D eigenvalue weighted by molar-refractivity contribution is -0.138. The Morgan fingerprint density at radius 3 is 2.53 bits per heavy atom. The van der Waals surface area contributed by atoms with Gasteiger partial charge < -0.3 is 4.74 Å². The minimum Gasteiger partial charge on any atom is -0.462 e. The zero-order valence-corrected chi connectivity index (χ0v) is 11.4. The number of hydrogen-bond donors (Lipinski definition) is 0.